The highest BCUT2D eigenvalue weighted by Crippen LogP contribution is 2.31. The van der Waals surface area contributed by atoms with Crippen LogP contribution in [0.5, 0.6) is 0 Å². The molecule has 106 valence electrons. The van der Waals surface area contributed by atoms with Crippen LogP contribution in [0.25, 0.3) is 0 Å². The largest absolute Gasteiger partial charge is 0.391 e. The molecule has 0 amide bonds. The molecule has 0 saturated heterocycles. The van der Waals surface area contributed by atoms with Gasteiger partial charge in [0.2, 0.25) is 0 Å². The summed E-state index contributed by atoms with van der Waals surface area (Å²) in [7, 11) is 2.10. The van der Waals surface area contributed by atoms with Crippen LogP contribution in [0.4, 0.5) is 0 Å². The van der Waals surface area contributed by atoms with E-state index in [-0.39, 0.29) is 18.2 Å². The minimum atomic E-state index is -0.211. The number of aliphatic hydroxyl groups excluding tert-OH is 1. The van der Waals surface area contributed by atoms with Gasteiger partial charge in [-0.05, 0) is 38.4 Å². The van der Waals surface area contributed by atoms with Crippen molar-refractivity contribution in [3.63, 3.8) is 0 Å². The van der Waals surface area contributed by atoms with E-state index >= 15 is 0 Å². The molecule has 3 unspecified atom stereocenters. The number of halogens is 1. The number of benzene rings is 1. The fourth-order valence-corrected chi connectivity index (χ4v) is 3.36. The van der Waals surface area contributed by atoms with Gasteiger partial charge < -0.3 is 5.11 Å². The van der Waals surface area contributed by atoms with Gasteiger partial charge in [0.1, 0.15) is 0 Å². The number of rotatable bonds is 3. The van der Waals surface area contributed by atoms with Crippen molar-refractivity contribution in [2.75, 3.05) is 7.05 Å². The van der Waals surface area contributed by atoms with Gasteiger partial charge in [-0.25, -0.2) is 0 Å². The average molecular weight is 282 g/mol. The minimum absolute atomic E-state index is 0.211. The molecular formula is C16H24ClNO. The molecule has 0 heterocycles. The zero-order chi connectivity index (χ0) is 13.8. The number of nitrogens with zero attached hydrogens (tertiary/aromatic N) is 1. The normalized spacial score (nSPS) is 26.2. The van der Waals surface area contributed by atoms with Crippen molar-refractivity contribution in [1.82, 2.24) is 4.90 Å². The van der Waals surface area contributed by atoms with E-state index in [1.165, 1.54) is 12.8 Å². The maximum Gasteiger partial charge on any atom is 0.0695 e. The number of aliphatic hydroxyl groups is 1. The Bertz CT molecular complexity index is 409. The minimum Gasteiger partial charge on any atom is -0.391 e. The van der Waals surface area contributed by atoms with Crippen LogP contribution in [0.1, 0.15) is 50.6 Å². The molecule has 1 aromatic carbocycles. The molecule has 0 aliphatic heterocycles. The summed E-state index contributed by atoms with van der Waals surface area (Å²) in [5, 5.41) is 11.1. The first-order chi connectivity index (χ1) is 9.11. The Balaban J connectivity index is 2.13. The number of hydrogen-bond acceptors (Lipinski definition) is 2. The third-order valence-corrected chi connectivity index (χ3v) is 4.78. The van der Waals surface area contributed by atoms with E-state index < -0.39 is 0 Å². The molecule has 1 N–H and O–H groups in total. The van der Waals surface area contributed by atoms with Gasteiger partial charge in [0, 0.05) is 17.1 Å². The molecule has 3 heteroatoms. The van der Waals surface area contributed by atoms with E-state index in [4.69, 9.17) is 11.6 Å². The van der Waals surface area contributed by atoms with E-state index in [1.54, 1.807) is 0 Å². The van der Waals surface area contributed by atoms with Gasteiger partial charge in [-0.15, -0.1) is 0 Å². The predicted octanol–water partition coefficient (Wildman–Crippen LogP) is 4.03. The molecule has 0 spiro atoms. The molecule has 1 aliphatic carbocycles. The highest BCUT2D eigenvalue weighted by atomic mass is 35.5. The highest BCUT2D eigenvalue weighted by Gasteiger charge is 2.28. The van der Waals surface area contributed by atoms with Gasteiger partial charge in [-0.2, -0.15) is 0 Å². The van der Waals surface area contributed by atoms with Crippen LogP contribution in [0.3, 0.4) is 0 Å². The quantitative estimate of drug-likeness (QED) is 0.846. The van der Waals surface area contributed by atoms with Crippen LogP contribution in [0.2, 0.25) is 5.02 Å². The molecule has 1 saturated carbocycles. The Labute approximate surface area is 121 Å². The third-order valence-electron chi connectivity index (χ3n) is 4.43. The molecule has 0 bridgehead atoms. The summed E-state index contributed by atoms with van der Waals surface area (Å²) in [4.78, 5) is 2.29. The summed E-state index contributed by atoms with van der Waals surface area (Å²) in [6.45, 7) is 2.17. The standard InChI is InChI=1S/C16H24ClNO/c1-12(13-8-6-7-9-14(13)17)18(2)15-10-4-3-5-11-16(15)19/h6-9,12,15-16,19H,3-5,10-11H2,1-2H3. The van der Waals surface area contributed by atoms with Gasteiger partial charge in [0.05, 0.1) is 6.10 Å². The average Bonchev–Trinajstić information content (AvgIpc) is 2.62. The van der Waals surface area contributed by atoms with Crippen molar-refractivity contribution in [3.05, 3.63) is 34.9 Å². The monoisotopic (exact) mass is 281 g/mol. The highest BCUT2D eigenvalue weighted by molar-refractivity contribution is 6.31. The molecule has 2 rings (SSSR count). The number of likely N-dealkylation sites (N-methyl/N-ethyl adjacent to an activating group) is 1. The first-order valence-corrected chi connectivity index (χ1v) is 7.63. The van der Waals surface area contributed by atoms with Crippen LogP contribution in [0, 0.1) is 0 Å². The van der Waals surface area contributed by atoms with E-state index in [9.17, 15) is 5.11 Å². The Morgan fingerprint density at radius 3 is 2.63 bits per heavy atom. The lowest BCUT2D eigenvalue weighted by Gasteiger charge is -2.35. The van der Waals surface area contributed by atoms with E-state index in [1.807, 2.05) is 18.2 Å². The SMILES string of the molecule is CC(c1ccccc1Cl)N(C)C1CCCCCC1O. The summed E-state index contributed by atoms with van der Waals surface area (Å²) in [5.74, 6) is 0. The molecule has 3 atom stereocenters. The summed E-state index contributed by atoms with van der Waals surface area (Å²) in [5.41, 5.74) is 1.14. The molecule has 0 aromatic heterocycles. The molecule has 1 aliphatic rings. The van der Waals surface area contributed by atoms with Crippen molar-refractivity contribution < 1.29 is 5.11 Å². The van der Waals surface area contributed by atoms with Gasteiger partial charge in [-0.3, -0.25) is 4.90 Å². The zero-order valence-corrected chi connectivity index (χ0v) is 12.6. The third kappa shape index (κ3) is 3.50. The second kappa shape index (κ2) is 6.74. The van der Waals surface area contributed by atoms with E-state index in [2.05, 4.69) is 24.9 Å². The predicted molar refractivity (Wildman–Crippen MR) is 80.5 cm³/mol. The smallest absolute Gasteiger partial charge is 0.0695 e. The Morgan fingerprint density at radius 1 is 1.21 bits per heavy atom. The maximum atomic E-state index is 10.3. The lowest BCUT2D eigenvalue weighted by atomic mass is 10.00. The summed E-state index contributed by atoms with van der Waals surface area (Å²) < 4.78 is 0. The maximum absolute atomic E-state index is 10.3. The van der Waals surface area contributed by atoms with E-state index in [0.29, 0.717) is 0 Å². The van der Waals surface area contributed by atoms with Crippen molar-refractivity contribution in [1.29, 1.82) is 0 Å². The summed E-state index contributed by atoms with van der Waals surface area (Å²) in [6, 6.07) is 8.46. The molecule has 1 fully saturated rings. The zero-order valence-electron chi connectivity index (χ0n) is 11.8. The van der Waals surface area contributed by atoms with Crippen molar-refractivity contribution in [2.45, 2.75) is 57.2 Å². The van der Waals surface area contributed by atoms with Crippen LogP contribution in [0.15, 0.2) is 24.3 Å². The topological polar surface area (TPSA) is 23.5 Å². The van der Waals surface area contributed by atoms with Gasteiger partial charge in [0.15, 0.2) is 0 Å². The molecular weight excluding hydrogens is 258 g/mol. The summed E-state index contributed by atoms with van der Waals surface area (Å²) >= 11 is 6.28. The Kier molecular flexibility index (Phi) is 5.26. The van der Waals surface area contributed by atoms with Gasteiger partial charge in [0.25, 0.3) is 0 Å². The van der Waals surface area contributed by atoms with Crippen LogP contribution in [-0.2, 0) is 0 Å². The Morgan fingerprint density at radius 2 is 1.89 bits per heavy atom. The lowest BCUT2D eigenvalue weighted by molar-refractivity contribution is 0.0392. The number of hydrogen-bond donors (Lipinski definition) is 1. The van der Waals surface area contributed by atoms with Gasteiger partial charge in [-0.1, -0.05) is 49.1 Å². The first kappa shape index (κ1) is 14.8. The molecule has 19 heavy (non-hydrogen) atoms. The molecule has 2 nitrogen and oxygen atoms in total. The Hall–Kier alpha value is -0.570. The molecule has 0 radical (unpaired) electrons. The fourth-order valence-electron chi connectivity index (χ4n) is 3.06. The molecule has 1 aromatic rings. The van der Waals surface area contributed by atoms with Crippen LogP contribution in [-0.4, -0.2) is 29.2 Å². The first-order valence-electron chi connectivity index (χ1n) is 7.25. The second-order valence-corrected chi connectivity index (χ2v) is 6.04. The second-order valence-electron chi connectivity index (χ2n) is 5.64. The summed E-state index contributed by atoms with van der Waals surface area (Å²) in [6.07, 6.45) is 5.38. The van der Waals surface area contributed by atoms with Crippen molar-refractivity contribution in [3.8, 4) is 0 Å². The fraction of sp³-hybridized carbons (Fsp3) is 0.625. The van der Waals surface area contributed by atoms with Crippen molar-refractivity contribution in [2.24, 2.45) is 0 Å². The van der Waals surface area contributed by atoms with Crippen LogP contribution < -0.4 is 0 Å². The van der Waals surface area contributed by atoms with Crippen LogP contribution >= 0.6 is 11.6 Å². The van der Waals surface area contributed by atoms with Gasteiger partial charge >= 0.3 is 0 Å². The lowest BCUT2D eigenvalue weighted by Crippen LogP contribution is -2.42. The van der Waals surface area contributed by atoms with E-state index in [0.717, 1.165) is 29.8 Å². The van der Waals surface area contributed by atoms with Crippen molar-refractivity contribution >= 4 is 11.6 Å².